The van der Waals surface area contributed by atoms with Gasteiger partial charge in [-0.05, 0) is 15.9 Å². The first-order valence-electron chi connectivity index (χ1n) is 4.26. The summed E-state index contributed by atoms with van der Waals surface area (Å²) in [5.74, 6) is 1.79. The number of nitrogens with zero attached hydrogens (tertiary/aromatic N) is 1. The summed E-state index contributed by atoms with van der Waals surface area (Å²) < 4.78 is 1.81. The Morgan fingerprint density at radius 2 is 2.21 bits per heavy atom. The molecule has 78 valence electrons. The molecule has 0 atom stereocenters. The van der Waals surface area contributed by atoms with Crippen LogP contribution in [-0.4, -0.2) is 14.7 Å². The lowest BCUT2D eigenvalue weighted by Crippen LogP contribution is -2.08. The van der Waals surface area contributed by atoms with Crippen molar-refractivity contribution in [3.05, 3.63) is 21.1 Å². The van der Waals surface area contributed by atoms with Crippen LogP contribution in [0.3, 0.4) is 0 Å². The summed E-state index contributed by atoms with van der Waals surface area (Å²) in [5, 5.41) is 0. The third kappa shape index (κ3) is 4.11. The van der Waals surface area contributed by atoms with Crippen LogP contribution in [0.2, 0.25) is 0 Å². The van der Waals surface area contributed by atoms with E-state index >= 15 is 0 Å². The van der Waals surface area contributed by atoms with Crippen LogP contribution in [0.5, 0.6) is 0 Å². The maximum absolute atomic E-state index is 5.10. The molecule has 0 spiro atoms. The molecule has 0 amide bonds. The number of halogens is 1. The first kappa shape index (κ1) is 12.2. The summed E-state index contributed by atoms with van der Waals surface area (Å²) in [7, 11) is 0. The topological polar surface area (TPSA) is 28.7 Å². The molecule has 0 aliphatic carbocycles. The van der Waals surface area contributed by atoms with E-state index in [2.05, 4.69) is 46.7 Å². The zero-order valence-electron chi connectivity index (χ0n) is 8.43. The average molecular weight is 293 g/mol. The van der Waals surface area contributed by atoms with Gasteiger partial charge in [0.05, 0.1) is 10.2 Å². The van der Waals surface area contributed by atoms with Crippen LogP contribution in [0.1, 0.15) is 26.6 Å². The molecule has 0 aliphatic heterocycles. The highest BCUT2D eigenvalue weighted by molar-refractivity contribution is 9.10. The summed E-state index contributed by atoms with van der Waals surface area (Å²) in [5.41, 5.74) is 0. The number of hydrogen-bond acceptors (Lipinski definition) is 3. The zero-order chi connectivity index (χ0) is 10.8. The van der Waals surface area contributed by atoms with Crippen LogP contribution in [0, 0.1) is 4.64 Å². The summed E-state index contributed by atoms with van der Waals surface area (Å²) in [6, 6.07) is 0. The number of H-pyrrole nitrogens is 1. The predicted octanol–water partition coefficient (Wildman–Crippen LogP) is 3.93. The molecule has 14 heavy (non-hydrogen) atoms. The number of thioether (sulfide) groups is 1. The van der Waals surface area contributed by atoms with Gasteiger partial charge in [-0.25, -0.2) is 4.98 Å². The molecule has 1 aromatic rings. The molecule has 0 aromatic carbocycles. The Morgan fingerprint density at radius 1 is 1.57 bits per heavy atom. The van der Waals surface area contributed by atoms with E-state index in [-0.39, 0.29) is 4.75 Å². The molecule has 1 rings (SSSR count). The molecule has 0 radical (unpaired) electrons. The maximum atomic E-state index is 5.10. The minimum atomic E-state index is 0.254. The van der Waals surface area contributed by atoms with E-state index in [4.69, 9.17) is 12.2 Å². The second kappa shape index (κ2) is 4.77. The van der Waals surface area contributed by atoms with E-state index in [1.54, 1.807) is 6.20 Å². The van der Waals surface area contributed by atoms with E-state index in [1.165, 1.54) is 0 Å². The Hall–Kier alpha value is 0.130. The van der Waals surface area contributed by atoms with Crippen molar-refractivity contribution in [2.45, 2.75) is 31.3 Å². The fourth-order valence-corrected chi connectivity index (χ4v) is 1.86. The van der Waals surface area contributed by atoms with Gasteiger partial charge in [0.2, 0.25) is 0 Å². The molecule has 0 unspecified atom stereocenters. The molecule has 0 fully saturated rings. The van der Waals surface area contributed by atoms with Gasteiger partial charge in [0.15, 0.2) is 0 Å². The van der Waals surface area contributed by atoms with Gasteiger partial charge in [-0.3, -0.25) is 0 Å². The highest BCUT2D eigenvalue weighted by Crippen LogP contribution is 2.26. The third-order valence-electron chi connectivity index (χ3n) is 1.45. The normalized spacial score (nSPS) is 11.7. The van der Waals surface area contributed by atoms with E-state index < -0.39 is 0 Å². The van der Waals surface area contributed by atoms with E-state index in [0.29, 0.717) is 4.64 Å². The van der Waals surface area contributed by atoms with Gasteiger partial charge in [-0.15, -0.1) is 11.8 Å². The molecule has 2 nitrogen and oxygen atoms in total. The SMILES string of the molecule is CC(C)(C)SCc1ncc(Br)c(=S)[nH]1. The van der Waals surface area contributed by atoms with Crippen LogP contribution in [-0.2, 0) is 5.75 Å². The van der Waals surface area contributed by atoms with Crippen LogP contribution in [0.25, 0.3) is 0 Å². The van der Waals surface area contributed by atoms with Crippen LogP contribution < -0.4 is 0 Å². The van der Waals surface area contributed by atoms with Crippen molar-refractivity contribution in [3.63, 3.8) is 0 Å². The van der Waals surface area contributed by atoms with E-state index in [9.17, 15) is 0 Å². The molecule has 0 saturated carbocycles. The second-order valence-corrected chi connectivity index (χ2v) is 6.97. The fourth-order valence-electron chi connectivity index (χ4n) is 0.774. The Balaban J connectivity index is 2.70. The fraction of sp³-hybridized carbons (Fsp3) is 0.556. The summed E-state index contributed by atoms with van der Waals surface area (Å²) >= 11 is 10.3. The number of aromatic nitrogens is 2. The molecule has 0 saturated heterocycles. The van der Waals surface area contributed by atoms with Gasteiger partial charge in [0.1, 0.15) is 10.5 Å². The van der Waals surface area contributed by atoms with Gasteiger partial charge < -0.3 is 4.98 Å². The third-order valence-corrected chi connectivity index (χ3v) is 3.92. The molecule has 5 heteroatoms. The number of hydrogen-bond donors (Lipinski definition) is 1. The summed E-state index contributed by atoms with van der Waals surface area (Å²) in [6.07, 6.45) is 1.75. The van der Waals surface area contributed by atoms with Crippen LogP contribution in [0.15, 0.2) is 10.7 Å². The minimum absolute atomic E-state index is 0.254. The number of rotatable bonds is 2. The lowest BCUT2D eigenvalue weighted by Gasteiger charge is -2.16. The zero-order valence-corrected chi connectivity index (χ0v) is 11.6. The molecule has 0 bridgehead atoms. The first-order chi connectivity index (χ1) is 6.38. The highest BCUT2D eigenvalue weighted by Gasteiger charge is 2.11. The maximum Gasteiger partial charge on any atom is 0.120 e. The van der Waals surface area contributed by atoms with E-state index in [1.807, 2.05) is 11.8 Å². The van der Waals surface area contributed by atoms with Gasteiger partial charge in [-0.2, -0.15) is 0 Å². The molecule has 1 aromatic heterocycles. The van der Waals surface area contributed by atoms with Crippen molar-refractivity contribution in [2.24, 2.45) is 0 Å². The summed E-state index contributed by atoms with van der Waals surface area (Å²) in [4.78, 5) is 7.34. The molecule has 1 N–H and O–H groups in total. The predicted molar refractivity (Wildman–Crippen MR) is 68.2 cm³/mol. The number of aromatic amines is 1. The minimum Gasteiger partial charge on any atom is -0.333 e. The van der Waals surface area contributed by atoms with Crippen LogP contribution >= 0.6 is 39.9 Å². The van der Waals surface area contributed by atoms with Crippen molar-refractivity contribution >= 4 is 39.9 Å². The van der Waals surface area contributed by atoms with Crippen molar-refractivity contribution in [1.82, 2.24) is 9.97 Å². The lowest BCUT2D eigenvalue weighted by molar-refractivity contribution is 0.799. The largest absolute Gasteiger partial charge is 0.333 e. The van der Waals surface area contributed by atoms with Crippen molar-refractivity contribution in [2.75, 3.05) is 0 Å². The smallest absolute Gasteiger partial charge is 0.120 e. The Kier molecular flexibility index (Phi) is 4.15. The standard InChI is InChI=1S/C9H13BrN2S2/c1-9(2,3)14-5-7-11-4-6(10)8(13)12-7/h4H,5H2,1-3H3,(H,11,12,13). The van der Waals surface area contributed by atoms with Crippen LogP contribution in [0.4, 0.5) is 0 Å². The van der Waals surface area contributed by atoms with Crippen molar-refractivity contribution in [3.8, 4) is 0 Å². The number of nitrogens with one attached hydrogen (secondary N) is 1. The molecular formula is C9H13BrN2S2. The Morgan fingerprint density at radius 3 is 2.71 bits per heavy atom. The molecule has 0 aliphatic rings. The van der Waals surface area contributed by atoms with Gasteiger partial charge in [0, 0.05) is 10.9 Å². The van der Waals surface area contributed by atoms with E-state index in [0.717, 1.165) is 16.0 Å². The average Bonchev–Trinajstić information content (AvgIpc) is 2.06. The Labute approximate surface area is 102 Å². The molecule has 1 heterocycles. The van der Waals surface area contributed by atoms with Gasteiger partial charge in [0.25, 0.3) is 0 Å². The second-order valence-electron chi connectivity index (χ2n) is 3.91. The monoisotopic (exact) mass is 292 g/mol. The van der Waals surface area contributed by atoms with Crippen molar-refractivity contribution < 1.29 is 0 Å². The first-order valence-corrected chi connectivity index (χ1v) is 6.45. The quantitative estimate of drug-likeness (QED) is 0.837. The van der Waals surface area contributed by atoms with Crippen molar-refractivity contribution in [1.29, 1.82) is 0 Å². The summed E-state index contributed by atoms with van der Waals surface area (Å²) in [6.45, 7) is 6.56. The van der Waals surface area contributed by atoms with Gasteiger partial charge >= 0.3 is 0 Å². The molecular weight excluding hydrogens is 280 g/mol. The lowest BCUT2D eigenvalue weighted by atomic mass is 10.3. The Bertz CT molecular complexity index is 368. The highest BCUT2D eigenvalue weighted by atomic mass is 79.9. The van der Waals surface area contributed by atoms with Gasteiger partial charge in [-0.1, -0.05) is 33.0 Å².